The number of hydrogen-bond donors (Lipinski definition) is 2. The summed E-state index contributed by atoms with van der Waals surface area (Å²) in [6.45, 7) is 6.64. The third-order valence-electron chi connectivity index (χ3n) is 4.70. The van der Waals surface area contributed by atoms with E-state index in [9.17, 15) is 9.59 Å². The second-order valence-electron chi connectivity index (χ2n) is 6.85. The quantitative estimate of drug-likeness (QED) is 0.726. The summed E-state index contributed by atoms with van der Waals surface area (Å²) in [5, 5.41) is 5.69. The lowest BCUT2D eigenvalue weighted by molar-refractivity contribution is -0.134. The zero-order valence-electron chi connectivity index (χ0n) is 16.4. The Bertz CT molecular complexity index is 800. The Morgan fingerprint density at radius 1 is 1.29 bits per heavy atom. The fourth-order valence-corrected chi connectivity index (χ4v) is 3.28. The van der Waals surface area contributed by atoms with Crippen molar-refractivity contribution in [3.8, 4) is 5.75 Å². The number of rotatable bonds is 8. The van der Waals surface area contributed by atoms with Crippen LogP contribution in [0.15, 0.2) is 40.8 Å². The minimum atomic E-state index is -0.487. The van der Waals surface area contributed by atoms with Gasteiger partial charge in [-0.1, -0.05) is 12.1 Å². The molecule has 1 aliphatic heterocycles. The molecule has 2 N–H and O–H groups in total. The van der Waals surface area contributed by atoms with E-state index in [0.29, 0.717) is 38.5 Å². The molecule has 150 valence electrons. The Morgan fingerprint density at radius 3 is 2.75 bits per heavy atom. The van der Waals surface area contributed by atoms with Crippen molar-refractivity contribution in [2.45, 2.75) is 39.4 Å². The van der Waals surface area contributed by atoms with Crippen LogP contribution in [0, 0.1) is 6.92 Å². The van der Waals surface area contributed by atoms with E-state index in [0.717, 1.165) is 17.1 Å². The second kappa shape index (κ2) is 9.41. The van der Waals surface area contributed by atoms with Crippen LogP contribution in [-0.4, -0.2) is 42.5 Å². The lowest BCUT2D eigenvalue weighted by Crippen LogP contribution is -2.56. The highest BCUT2D eigenvalue weighted by Crippen LogP contribution is 2.17. The van der Waals surface area contributed by atoms with Gasteiger partial charge < -0.3 is 19.8 Å². The van der Waals surface area contributed by atoms with E-state index >= 15 is 0 Å². The van der Waals surface area contributed by atoms with Crippen molar-refractivity contribution in [1.29, 1.82) is 0 Å². The Kier molecular flexibility index (Phi) is 6.71. The molecule has 1 atom stereocenters. The van der Waals surface area contributed by atoms with Gasteiger partial charge in [0, 0.05) is 19.6 Å². The monoisotopic (exact) mass is 385 g/mol. The van der Waals surface area contributed by atoms with Crippen molar-refractivity contribution < 1.29 is 18.7 Å². The van der Waals surface area contributed by atoms with Gasteiger partial charge in [-0.15, -0.1) is 0 Å². The van der Waals surface area contributed by atoms with Crippen LogP contribution in [0.2, 0.25) is 0 Å². The number of piperazine rings is 1. The van der Waals surface area contributed by atoms with E-state index < -0.39 is 6.04 Å². The van der Waals surface area contributed by atoms with Crippen molar-refractivity contribution in [1.82, 2.24) is 15.5 Å². The first kappa shape index (κ1) is 19.9. The van der Waals surface area contributed by atoms with Crippen LogP contribution in [0.25, 0.3) is 0 Å². The second-order valence-corrected chi connectivity index (χ2v) is 6.85. The van der Waals surface area contributed by atoms with Crippen molar-refractivity contribution >= 4 is 11.8 Å². The summed E-state index contributed by atoms with van der Waals surface area (Å²) in [6, 6.07) is 11.0. The number of carbonyl (C=O) groups excluding carboxylic acids is 2. The summed E-state index contributed by atoms with van der Waals surface area (Å²) in [5.74, 6) is 2.04. The van der Waals surface area contributed by atoms with Gasteiger partial charge in [0.15, 0.2) is 0 Å². The van der Waals surface area contributed by atoms with Crippen LogP contribution in [0.5, 0.6) is 5.75 Å². The number of aryl methyl sites for hydroxylation is 1. The number of carbonyl (C=O) groups is 2. The van der Waals surface area contributed by atoms with Gasteiger partial charge >= 0.3 is 0 Å². The average Bonchev–Trinajstić information content (AvgIpc) is 3.10. The van der Waals surface area contributed by atoms with Gasteiger partial charge in [0.2, 0.25) is 11.8 Å². The molecule has 7 heteroatoms. The molecule has 7 nitrogen and oxygen atoms in total. The molecule has 1 fully saturated rings. The molecule has 0 bridgehead atoms. The molecule has 0 saturated carbocycles. The van der Waals surface area contributed by atoms with Crippen molar-refractivity contribution in [3.05, 3.63) is 53.5 Å². The predicted molar refractivity (Wildman–Crippen MR) is 105 cm³/mol. The van der Waals surface area contributed by atoms with Gasteiger partial charge in [-0.2, -0.15) is 0 Å². The van der Waals surface area contributed by atoms with E-state index in [1.54, 1.807) is 0 Å². The number of benzene rings is 1. The van der Waals surface area contributed by atoms with Gasteiger partial charge in [0.25, 0.3) is 0 Å². The largest absolute Gasteiger partial charge is 0.494 e. The Hall–Kier alpha value is -2.80. The van der Waals surface area contributed by atoms with Crippen LogP contribution in [0.4, 0.5) is 0 Å². The van der Waals surface area contributed by atoms with Gasteiger partial charge in [-0.3, -0.25) is 14.5 Å². The summed E-state index contributed by atoms with van der Waals surface area (Å²) in [4.78, 5) is 26.8. The maximum atomic E-state index is 12.4. The predicted octanol–water partition coefficient (Wildman–Crippen LogP) is 1.99. The molecule has 2 heterocycles. The number of nitrogens with zero attached hydrogens (tertiary/aromatic N) is 1. The molecule has 1 aliphatic rings. The number of nitrogens with one attached hydrogen (secondary N) is 2. The first-order valence-electron chi connectivity index (χ1n) is 9.60. The maximum absolute atomic E-state index is 12.4. The molecule has 1 unspecified atom stereocenters. The number of amides is 2. The summed E-state index contributed by atoms with van der Waals surface area (Å²) in [6.07, 6.45) is 0.114. The summed E-state index contributed by atoms with van der Waals surface area (Å²) < 4.78 is 10.9. The summed E-state index contributed by atoms with van der Waals surface area (Å²) in [5.41, 5.74) is 1.08. The molecular weight excluding hydrogens is 358 g/mol. The fraction of sp³-hybridized carbons (Fsp3) is 0.429. The molecule has 0 spiro atoms. The fourth-order valence-electron chi connectivity index (χ4n) is 3.28. The highest BCUT2D eigenvalue weighted by atomic mass is 16.5. The smallest absolute Gasteiger partial charge is 0.237 e. The standard InChI is InChI=1S/C21H27N3O4/c1-3-27-17-8-5-16(6-9-17)14-24-11-10-22-21(26)19(24)12-20(25)23-13-18-7-4-15(2)28-18/h4-9,19H,3,10-14H2,1-2H3,(H,22,26)(H,23,25). The SMILES string of the molecule is CCOc1ccc(CN2CCNC(=O)C2CC(=O)NCc2ccc(C)o2)cc1. The summed E-state index contributed by atoms with van der Waals surface area (Å²) >= 11 is 0. The minimum absolute atomic E-state index is 0.110. The molecule has 1 aromatic carbocycles. The normalized spacial score (nSPS) is 17.2. The van der Waals surface area contributed by atoms with Crippen LogP contribution >= 0.6 is 0 Å². The minimum Gasteiger partial charge on any atom is -0.494 e. The highest BCUT2D eigenvalue weighted by molar-refractivity contribution is 5.88. The third kappa shape index (κ3) is 5.36. The van der Waals surface area contributed by atoms with Gasteiger partial charge in [-0.25, -0.2) is 0 Å². The van der Waals surface area contributed by atoms with E-state index in [2.05, 4.69) is 10.6 Å². The van der Waals surface area contributed by atoms with E-state index in [1.807, 2.05) is 55.1 Å². The zero-order valence-corrected chi connectivity index (χ0v) is 16.4. The van der Waals surface area contributed by atoms with Gasteiger partial charge in [-0.05, 0) is 43.7 Å². The first-order chi connectivity index (χ1) is 13.5. The average molecular weight is 385 g/mol. The number of hydrogen-bond acceptors (Lipinski definition) is 5. The van der Waals surface area contributed by atoms with Crippen LogP contribution < -0.4 is 15.4 Å². The number of furan rings is 1. The molecule has 1 aromatic heterocycles. The van der Waals surface area contributed by atoms with Crippen LogP contribution in [0.1, 0.15) is 30.4 Å². The highest BCUT2D eigenvalue weighted by Gasteiger charge is 2.31. The van der Waals surface area contributed by atoms with Crippen molar-refractivity contribution in [2.24, 2.45) is 0 Å². The van der Waals surface area contributed by atoms with E-state index in [-0.39, 0.29) is 18.2 Å². The topological polar surface area (TPSA) is 83.8 Å². The lowest BCUT2D eigenvalue weighted by atomic mass is 10.1. The molecule has 2 aromatic rings. The summed E-state index contributed by atoms with van der Waals surface area (Å²) in [7, 11) is 0. The molecule has 28 heavy (non-hydrogen) atoms. The molecule has 3 rings (SSSR count). The third-order valence-corrected chi connectivity index (χ3v) is 4.70. The first-order valence-corrected chi connectivity index (χ1v) is 9.60. The zero-order chi connectivity index (χ0) is 19.9. The Balaban J connectivity index is 1.58. The van der Waals surface area contributed by atoms with Crippen LogP contribution in [-0.2, 0) is 22.7 Å². The molecular formula is C21H27N3O4. The lowest BCUT2D eigenvalue weighted by Gasteiger charge is -2.34. The van der Waals surface area contributed by atoms with Gasteiger partial charge in [0.05, 0.1) is 25.6 Å². The number of ether oxygens (including phenoxy) is 1. The van der Waals surface area contributed by atoms with E-state index in [1.165, 1.54) is 0 Å². The Morgan fingerprint density at radius 2 is 2.07 bits per heavy atom. The van der Waals surface area contributed by atoms with Crippen molar-refractivity contribution in [2.75, 3.05) is 19.7 Å². The molecule has 0 radical (unpaired) electrons. The molecule has 1 saturated heterocycles. The van der Waals surface area contributed by atoms with Crippen molar-refractivity contribution in [3.63, 3.8) is 0 Å². The Labute approximate surface area is 165 Å². The van der Waals surface area contributed by atoms with E-state index in [4.69, 9.17) is 9.15 Å². The molecule has 0 aliphatic carbocycles. The van der Waals surface area contributed by atoms with Crippen LogP contribution in [0.3, 0.4) is 0 Å². The molecule has 2 amide bonds. The van der Waals surface area contributed by atoms with Gasteiger partial charge in [0.1, 0.15) is 17.3 Å². The maximum Gasteiger partial charge on any atom is 0.237 e.